The summed E-state index contributed by atoms with van der Waals surface area (Å²) in [4.78, 5) is 26.4. The van der Waals surface area contributed by atoms with Crippen LogP contribution in [0, 0.1) is 20.8 Å². The molecule has 1 aliphatic heterocycles. The quantitative estimate of drug-likeness (QED) is 0.413. The van der Waals surface area contributed by atoms with Gasteiger partial charge in [-0.15, -0.1) is 0 Å². The summed E-state index contributed by atoms with van der Waals surface area (Å²) in [6.45, 7) is 5.93. The molecule has 1 N–H and O–H groups in total. The highest BCUT2D eigenvalue weighted by atomic mass is 35.5. The molecule has 0 atom stereocenters. The van der Waals surface area contributed by atoms with Gasteiger partial charge in [0, 0.05) is 27.1 Å². The number of aryl methyl sites for hydroxylation is 1. The largest absolute Gasteiger partial charge is 0.333 e. The molecule has 3 amide bonds. The SMILES string of the molecule is Cc1c(Cl)cccc1-n1c(C)cc(/C=C2/NC(=O)N(c3ccc(Cl)cc3)C2=O)c1C. The number of hydrogen-bond acceptors (Lipinski definition) is 2. The standard InChI is InChI=1S/C23H19Cl2N3O2/c1-13-11-16(15(3)27(13)21-6-4-5-19(25)14(21)2)12-20-22(29)28(23(30)26-20)18-9-7-17(24)8-10-18/h4-12H,1-3H3,(H,26,30)/b20-12+. The highest BCUT2D eigenvalue weighted by Crippen LogP contribution is 2.29. The first-order valence-electron chi connectivity index (χ1n) is 9.35. The zero-order valence-electron chi connectivity index (χ0n) is 16.7. The summed E-state index contributed by atoms with van der Waals surface area (Å²) in [5, 5.41) is 3.89. The molecule has 0 spiro atoms. The number of halogens is 2. The Labute approximate surface area is 184 Å². The average Bonchev–Trinajstić information content (AvgIpc) is 3.14. The van der Waals surface area contributed by atoms with Gasteiger partial charge in [0.15, 0.2) is 0 Å². The molecule has 5 nitrogen and oxygen atoms in total. The number of rotatable bonds is 3. The molecule has 1 aromatic heterocycles. The Balaban J connectivity index is 1.72. The molecule has 1 fully saturated rings. The first kappa shape index (κ1) is 20.3. The Morgan fingerprint density at radius 3 is 2.37 bits per heavy atom. The van der Waals surface area contributed by atoms with Crippen LogP contribution in [0.2, 0.25) is 10.0 Å². The molecule has 0 saturated carbocycles. The number of nitrogens with one attached hydrogen (secondary N) is 1. The minimum Gasteiger partial charge on any atom is -0.318 e. The van der Waals surface area contributed by atoms with E-state index in [2.05, 4.69) is 9.88 Å². The summed E-state index contributed by atoms with van der Waals surface area (Å²) in [6, 6.07) is 13.8. The van der Waals surface area contributed by atoms with Gasteiger partial charge in [-0.2, -0.15) is 0 Å². The van der Waals surface area contributed by atoms with Gasteiger partial charge >= 0.3 is 6.03 Å². The molecular formula is C23H19Cl2N3O2. The van der Waals surface area contributed by atoms with Crippen molar-refractivity contribution in [3.63, 3.8) is 0 Å². The first-order valence-corrected chi connectivity index (χ1v) is 10.1. The van der Waals surface area contributed by atoms with Gasteiger partial charge in [-0.1, -0.05) is 29.3 Å². The Morgan fingerprint density at radius 1 is 0.967 bits per heavy atom. The number of imide groups is 1. The molecule has 1 aliphatic rings. The van der Waals surface area contributed by atoms with Crippen molar-refractivity contribution >= 4 is 46.9 Å². The van der Waals surface area contributed by atoms with E-state index < -0.39 is 11.9 Å². The fourth-order valence-corrected chi connectivity index (χ4v) is 3.95. The fraction of sp³-hybridized carbons (Fsp3) is 0.130. The molecule has 0 bridgehead atoms. The zero-order chi connectivity index (χ0) is 21.6. The molecule has 3 aromatic rings. The number of hydrogen-bond donors (Lipinski definition) is 1. The summed E-state index contributed by atoms with van der Waals surface area (Å²) in [5.41, 5.74) is 5.41. The third-order valence-electron chi connectivity index (χ3n) is 5.21. The van der Waals surface area contributed by atoms with Gasteiger partial charge in [0.2, 0.25) is 0 Å². The van der Waals surface area contributed by atoms with Crippen molar-refractivity contribution in [2.45, 2.75) is 20.8 Å². The van der Waals surface area contributed by atoms with Crippen molar-refractivity contribution in [2.24, 2.45) is 0 Å². The van der Waals surface area contributed by atoms with Gasteiger partial charge in [0.05, 0.1) is 5.69 Å². The molecule has 7 heteroatoms. The predicted octanol–water partition coefficient (Wildman–Crippen LogP) is 5.81. The van der Waals surface area contributed by atoms with Crippen LogP contribution in [0.4, 0.5) is 10.5 Å². The Morgan fingerprint density at radius 2 is 1.67 bits per heavy atom. The number of urea groups is 1. The minimum atomic E-state index is -0.493. The highest BCUT2D eigenvalue weighted by molar-refractivity contribution is 6.32. The van der Waals surface area contributed by atoms with E-state index in [1.807, 2.05) is 45.0 Å². The van der Waals surface area contributed by atoms with Gasteiger partial charge in [-0.3, -0.25) is 4.79 Å². The van der Waals surface area contributed by atoms with Crippen LogP contribution in [0.25, 0.3) is 11.8 Å². The lowest BCUT2D eigenvalue weighted by atomic mass is 10.2. The van der Waals surface area contributed by atoms with Crippen LogP contribution in [0.1, 0.15) is 22.5 Å². The average molecular weight is 440 g/mol. The molecule has 1 saturated heterocycles. The normalized spacial score (nSPS) is 15.2. The van der Waals surface area contributed by atoms with E-state index in [4.69, 9.17) is 23.2 Å². The number of carbonyl (C=O) groups is 2. The van der Waals surface area contributed by atoms with Crippen LogP contribution >= 0.6 is 23.2 Å². The lowest BCUT2D eigenvalue weighted by Crippen LogP contribution is -2.30. The zero-order valence-corrected chi connectivity index (χ0v) is 18.2. The van der Waals surface area contributed by atoms with Crippen LogP contribution in [-0.2, 0) is 4.79 Å². The maximum Gasteiger partial charge on any atom is 0.333 e. The van der Waals surface area contributed by atoms with E-state index in [9.17, 15) is 9.59 Å². The van der Waals surface area contributed by atoms with Crippen molar-refractivity contribution in [3.05, 3.63) is 86.8 Å². The van der Waals surface area contributed by atoms with Crippen molar-refractivity contribution in [3.8, 4) is 5.69 Å². The monoisotopic (exact) mass is 439 g/mol. The van der Waals surface area contributed by atoms with E-state index >= 15 is 0 Å². The Kier molecular flexibility index (Phi) is 5.18. The van der Waals surface area contributed by atoms with Crippen molar-refractivity contribution in [1.82, 2.24) is 9.88 Å². The second-order valence-electron chi connectivity index (χ2n) is 7.15. The lowest BCUT2D eigenvalue weighted by molar-refractivity contribution is -0.113. The second-order valence-corrected chi connectivity index (χ2v) is 7.99. The summed E-state index contributed by atoms with van der Waals surface area (Å²) in [7, 11) is 0. The van der Waals surface area contributed by atoms with E-state index in [-0.39, 0.29) is 5.70 Å². The van der Waals surface area contributed by atoms with Crippen LogP contribution in [0.15, 0.2) is 54.2 Å². The van der Waals surface area contributed by atoms with Gasteiger partial charge in [0.1, 0.15) is 5.70 Å². The predicted molar refractivity (Wildman–Crippen MR) is 120 cm³/mol. The van der Waals surface area contributed by atoms with Crippen molar-refractivity contribution in [2.75, 3.05) is 4.90 Å². The van der Waals surface area contributed by atoms with Gasteiger partial charge in [0.25, 0.3) is 5.91 Å². The number of aromatic nitrogens is 1. The molecule has 0 radical (unpaired) electrons. The molecule has 2 heterocycles. The molecule has 0 unspecified atom stereocenters. The number of amides is 3. The topological polar surface area (TPSA) is 54.3 Å². The highest BCUT2D eigenvalue weighted by Gasteiger charge is 2.35. The maximum atomic E-state index is 12.9. The first-order chi connectivity index (χ1) is 14.3. The summed E-state index contributed by atoms with van der Waals surface area (Å²) < 4.78 is 2.09. The van der Waals surface area contributed by atoms with E-state index in [1.54, 1.807) is 30.3 Å². The fourth-order valence-electron chi connectivity index (χ4n) is 3.66. The van der Waals surface area contributed by atoms with Crippen LogP contribution in [0.3, 0.4) is 0 Å². The lowest BCUT2D eigenvalue weighted by Gasteiger charge is -2.13. The summed E-state index contributed by atoms with van der Waals surface area (Å²) >= 11 is 12.2. The van der Waals surface area contributed by atoms with Crippen LogP contribution in [0.5, 0.6) is 0 Å². The third kappa shape index (κ3) is 3.40. The Hall–Kier alpha value is -3.02. The number of benzene rings is 2. The molecular weight excluding hydrogens is 421 g/mol. The van der Waals surface area contributed by atoms with E-state index in [1.165, 1.54) is 0 Å². The second kappa shape index (κ2) is 7.67. The molecule has 4 rings (SSSR count). The molecule has 0 aliphatic carbocycles. The van der Waals surface area contributed by atoms with Gasteiger partial charge < -0.3 is 9.88 Å². The molecule has 30 heavy (non-hydrogen) atoms. The van der Waals surface area contributed by atoms with E-state index in [0.29, 0.717) is 15.7 Å². The smallest absolute Gasteiger partial charge is 0.318 e. The van der Waals surface area contributed by atoms with Crippen LogP contribution in [-0.4, -0.2) is 16.5 Å². The van der Waals surface area contributed by atoms with Gasteiger partial charge in [-0.25, -0.2) is 9.69 Å². The van der Waals surface area contributed by atoms with E-state index in [0.717, 1.165) is 33.1 Å². The molecule has 2 aromatic carbocycles. The van der Waals surface area contributed by atoms with Crippen molar-refractivity contribution in [1.29, 1.82) is 0 Å². The Bertz CT molecular complexity index is 1210. The maximum absolute atomic E-state index is 12.9. The number of anilines is 1. The number of carbonyl (C=O) groups excluding carboxylic acids is 2. The summed E-state index contributed by atoms with van der Waals surface area (Å²) in [5.74, 6) is -0.411. The minimum absolute atomic E-state index is 0.220. The molecule has 152 valence electrons. The van der Waals surface area contributed by atoms with Crippen LogP contribution < -0.4 is 10.2 Å². The van der Waals surface area contributed by atoms with Gasteiger partial charge in [-0.05, 0) is 80.4 Å². The third-order valence-corrected chi connectivity index (χ3v) is 5.87. The summed E-state index contributed by atoms with van der Waals surface area (Å²) in [6.07, 6.45) is 1.70. The van der Waals surface area contributed by atoms with Crippen molar-refractivity contribution < 1.29 is 9.59 Å². The number of nitrogens with zero attached hydrogens (tertiary/aromatic N) is 2.